The summed E-state index contributed by atoms with van der Waals surface area (Å²) in [4.78, 5) is 13.3. The second kappa shape index (κ2) is 3.85. The Morgan fingerprint density at radius 3 is 2.73 bits per heavy atom. The van der Waals surface area contributed by atoms with Gasteiger partial charge >= 0.3 is 0 Å². The van der Waals surface area contributed by atoms with Crippen LogP contribution in [0, 0.1) is 3.57 Å². The van der Waals surface area contributed by atoms with E-state index >= 15 is 0 Å². The molecule has 0 heterocycles. The van der Waals surface area contributed by atoms with Crippen LogP contribution in [0.25, 0.3) is 0 Å². The lowest BCUT2D eigenvalue weighted by Crippen LogP contribution is -1.70. The van der Waals surface area contributed by atoms with Gasteiger partial charge in [-0.2, -0.15) is 4.99 Å². The van der Waals surface area contributed by atoms with Gasteiger partial charge in [0.05, 0.1) is 5.69 Å². The van der Waals surface area contributed by atoms with Gasteiger partial charge in [0.25, 0.3) is 0 Å². The number of hydrogen-bond donors (Lipinski definition) is 0. The van der Waals surface area contributed by atoms with Crippen molar-refractivity contribution >= 4 is 46.0 Å². The van der Waals surface area contributed by atoms with Gasteiger partial charge in [-0.1, -0.05) is 11.6 Å². The molecule has 0 aromatic heterocycles. The van der Waals surface area contributed by atoms with Crippen molar-refractivity contribution in [1.29, 1.82) is 0 Å². The minimum Gasteiger partial charge on any atom is -0.211 e. The topological polar surface area (TPSA) is 29.4 Å². The van der Waals surface area contributed by atoms with E-state index < -0.39 is 0 Å². The molecule has 4 heteroatoms. The molecular weight excluding hydrogens is 276 g/mol. The lowest BCUT2D eigenvalue weighted by molar-refractivity contribution is 0.565. The lowest BCUT2D eigenvalue weighted by atomic mass is 10.3. The maximum Gasteiger partial charge on any atom is 0.240 e. The van der Waals surface area contributed by atoms with Crippen LogP contribution in [0.4, 0.5) is 5.69 Å². The number of carbonyl (C=O) groups excluding carboxylic acids is 1. The van der Waals surface area contributed by atoms with Crippen molar-refractivity contribution < 1.29 is 4.79 Å². The number of benzene rings is 1. The molecule has 1 rings (SSSR count). The maximum atomic E-state index is 9.86. The second-order valence-electron chi connectivity index (χ2n) is 1.83. The Morgan fingerprint density at radius 1 is 1.45 bits per heavy atom. The van der Waals surface area contributed by atoms with Gasteiger partial charge in [-0.05, 0) is 40.8 Å². The Balaban J connectivity index is 3.18. The van der Waals surface area contributed by atoms with Gasteiger partial charge in [0, 0.05) is 8.59 Å². The Hall–Kier alpha value is -0.380. The van der Waals surface area contributed by atoms with Gasteiger partial charge in [0.15, 0.2) is 0 Å². The smallest absolute Gasteiger partial charge is 0.211 e. The van der Waals surface area contributed by atoms with Crippen LogP contribution >= 0.6 is 34.2 Å². The van der Waals surface area contributed by atoms with Gasteiger partial charge in [0.1, 0.15) is 0 Å². The molecule has 2 nitrogen and oxygen atoms in total. The minimum atomic E-state index is 0.539. The summed E-state index contributed by atoms with van der Waals surface area (Å²) in [6, 6.07) is 5.14. The van der Waals surface area contributed by atoms with E-state index in [9.17, 15) is 4.79 Å². The Labute approximate surface area is 82.4 Å². The van der Waals surface area contributed by atoms with Crippen molar-refractivity contribution in [3.05, 3.63) is 26.8 Å². The first-order valence-electron chi connectivity index (χ1n) is 2.76. The average molecular weight is 279 g/mol. The third-order valence-electron chi connectivity index (χ3n) is 1.02. The van der Waals surface area contributed by atoms with E-state index in [2.05, 4.69) is 27.6 Å². The molecule has 0 amide bonds. The Kier molecular flexibility index (Phi) is 3.05. The molecule has 0 radical (unpaired) electrons. The molecule has 56 valence electrons. The molecule has 0 unspecified atom stereocenters. The van der Waals surface area contributed by atoms with Crippen molar-refractivity contribution in [3.8, 4) is 0 Å². The van der Waals surface area contributed by atoms with Crippen LogP contribution in [0.2, 0.25) is 5.02 Å². The quantitative estimate of drug-likeness (QED) is 0.441. The molecular formula is C7H3ClINO. The van der Waals surface area contributed by atoms with Crippen LogP contribution in [0.3, 0.4) is 0 Å². The standard InChI is InChI=1S/C7H3ClINO/c8-5-1-6(9)3-7(2-5)10-4-11/h1-3H. The van der Waals surface area contributed by atoms with Crippen LogP contribution < -0.4 is 0 Å². The number of isocyanates is 1. The minimum absolute atomic E-state index is 0.539. The first-order chi connectivity index (χ1) is 5.22. The number of halogens is 2. The van der Waals surface area contributed by atoms with E-state index in [0.29, 0.717) is 10.7 Å². The number of nitrogens with zero attached hydrogens (tertiary/aromatic N) is 1. The normalized spacial score (nSPS) is 8.91. The van der Waals surface area contributed by atoms with E-state index in [1.165, 1.54) is 6.08 Å². The summed E-state index contributed by atoms with van der Waals surface area (Å²) in [5.41, 5.74) is 0.539. The predicted molar refractivity (Wildman–Crippen MR) is 52.0 cm³/mol. The van der Waals surface area contributed by atoms with Crippen molar-refractivity contribution in [2.45, 2.75) is 0 Å². The molecule has 0 aliphatic carbocycles. The molecule has 0 bridgehead atoms. The van der Waals surface area contributed by atoms with Gasteiger partial charge in [-0.25, -0.2) is 4.79 Å². The zero-order chi connectivity index (χ0) is 8.27. The fourth-order valence-electron chi connectivity index (χ4n) is 0.657. The highest BCUT2D eigenvalue weighted by molar-refractivity contribution is 14.1. The fraction of sp³-hybridized carbons (Fsp3) is 0. The molecule has 11 heavy (non-hydrogen) atoms. The highest BCUT2D eigenvalue weighted by Crippen LogP contribution is 2.21. The lowest BCUT2D eigenvalue weighted by Gasteiger charge is -1.93. The highest BCUT2D eigenvalue weighted by atomic mass is 127. The zero-order valence-electron chi connectivity index (χ0n) is 5.34. The molecule has 0 aliphatic heterocycles. The van der Waals surface area contributed by atoms with E-state index in [4.69, 9.17) is 11.6 Å². The van der Waals surface area contributed by atoms with E-state index in [0.717, 1.165) is 3.57 Å². The third-order valence-corrected chi connectivity index (χ3v) is 1.86. The number of rotatable bonds is 1. The molecule has 0 saturated carbocycles. The van der Waals surface area contributed by atoms with Gasteiger partial charge in [0.2, 0.25) is 6.08 Å². The maximum absolute atomic E-state index is 9.86. The molecule has 0 atom stereocenters. The summed E-state index contributed by atoms with van der Waals surface area (Å²) in [6.07, 6.45) is 1.45. The van der Waals surface area contributed by atoms with E-state index in [-0.39, 0.29) is 0 Å². The predicted octanol–water partition coefficient (Wildman–Crippen LogP) is 2.91. The van der Waals surface area contributed by atoms with Gasteiger partial charge in [-0.15, -0.1) is 0 Å². The van der Waals surface area contributed by atoms with E-state index in [1.54, 1.807) is 18.2 Å². The molecule has 0 fully saturated rings. The van der Waals surface area contributed by atoms with Crippen LogP contribution in [0.5, 0.6) is 0 Å². The molecule has 0 N–H and O–H groups in total. The first-order valence-corrected chi connectivity index (χ1v) is 4.22. The summed E-state index contributed by atoms with van der Waals surface area (Å²) in [7, 11) is 0. The summed E-state index contributed by atoms with van der Waals surface area (Å²) in [5, 5.41) is 0.575. The van der Waals surface area contributed by atoms with Crippen molar-refractivity contribution in [3.63, 3.8) is 0 Å². The molecule has 1 aromatic rings. The molecule has 0 saturated heterocycles. The SMILES string of the molecule is O=C=Nc1cc(Cl)cc(I)c1. The van der Waals surface area contributed by atoms with Crippen LogP contribution in [-0.4, -0.2) is 6.08 Å². The second-order valence-corrected chi connectivity index (χ2v) is 3.51. The van der Waals surface area contributed by atoms with Crippen molar-refractivity contribution in [2.24, 2.45) is 4.99 Å². The fourth-order valence-corrected chi connectivity index (χ4v) is 1.72. The summed E-state index contributed by atoms with van der Waals surface area (Å²) in [5.74, 6) is 0. The Morgan fingerprint density at radius 2 is 2.18 bits per heavy atom. The molecule has 1 aromatic carbocycles. The summed E-state index contributed by atoms with van der Waals surface area (Å²) in [6.45, 7) is 0. The monoisotopic (exact) mass is 279 g/mol. The average Bonchev–Trinajstić information content (AvgIpc) is 1.85. The molecule has 0 aliphatic rings. The van der Waals surface area contributed by atoms with Crippen LogP contribution in [-0.2, 0) is 4.79 Å². The van der Waals surface area contributed by atoms with Gasteiger partial charge < -0.3 is 0 Å². The first kappa shape index (κ1) is 8.71. The highest BCUT2D eigenvalue weighted by Gasteiger charge is 1.94. The third kappa shape index (κ3) is 2.61. The Bertz CT molecular complexity index is 300. The summed E-state index contributed by atoms with van der Waals surface area (Å²) >= 11 is 7.79. The van der Waals surface area contributed by atoms with E-state index in [1.807, 2.05) is 0 Å². The van der Waals surface area contributed by atoms with Gasteiger partial charge in [-0.3, -0.25) is 0 Å². The van der Waals surface area contributed by atoms with Crippen LogP contribution in [0.1, 0.15) is 0 Å². The van der Waals surface area contributed by atoms with Crippen molar-refractivity contribution in [1.82, 2.24) is 0 Å². The zero-order valence-corrected chi connectivity index (χ0v) is 8.26. The molecule has 0 spiro atoms. The largest absolute Gasteiger partial charge is 0.240 e. The van der Waals surface area contributed by atoms with Crippen LogP contribution in [0.15, 0.2) is 23.2 Å². The number of aliphatic imine (C=N–C) groups is 1. The summed E-state index contributed by atoms with van der Waals surface area (Å²) < 4.78 is 0.948. The van der Waals surface area contributed by atoms with Crippen molar-refractivity contribution in [2.75, 3.05) is 0 Å². The number of hydrogen-bond acceptors (Lipinski definition) is 2.